The van der Waals surface area contributed by atoms with Crippen LogP contribution in [-0.4, -0.2) is 18.9 Å². The highest BCUT2D eigenvalue weighted by atomic mass is 19.1. The van der Waals surface area contributed by atoms with Gasteiger partial charge in [0.25, 0.3) is 0 Å². The lowest BCUT2D eigenvalue weighted by atomic mass is 10.1. The van der Waals surface area contributed by atoms with Crippen molar-refractivity contribution in [1.82, 2.24) is 0 Å². The van der Waals surface area contributed by atoms with E-state index in [0.717, 1.165) is 6.54 Å². The SMILES string of the molecule is CCN(c1ccc(C=O)cc1F)C(C)C. The molecule has 15 heavy (non-hydrogen) atoms. The van der Waals surface area contributed by atoms with Gasteiger partial charge in [0, 0.05) is 18.2 Å². The zero-order chi connectivity index (χ0) is 11.4. The monoisotopic (exact) mass is 209 g/mol. The predicted molar refractivity (Wildman–Crippen MR) is 59.9 cm³/mol. The van der Waals surface area contributed by atoms with Crippen molar-refractivity contribution in [2.75, 3.05) is 11.4 Å². The number of carbonyl (C=O) groups excluding carboxylic acids is 1. The van der Waals surface area contributed by atoms with Gasteiger partial charge in [0.1, 0.15) is 12.1 Å². The quantitative estimate of drug-likeness (QED) is 0.711. The lowest BCUT2D eigenvalue weighted by molar-refractivity contribution is 0.112. The van der Waals surface area contributed by atoms with Crippen LogP contribution in [0.15, 0.2) is 18.2 Å². The Bertz CT molecular complexity index is 349. The maximum absolute atomic E-state index is 13.6. The molecule has 0 spiro atoms. The van der Waals surface area contributed by atoms with Crippen LogP contribution in [0.5, 0.6) is 0 Å². The molecule has 0 saturated heterocycles. The van der Waals surface area contributed by atoms with Crippen molar-refractivity contribution < 1.29 is 9.18 Å². The molecule has 0 heterocycles. The van der Waals surface area contributed by atoms with Crippen LogP contribution in [0.25, 0.3) is 0 Å². The third-order valence-corrected chi connectivity index (χ3v) is 2.38. The van der Waals surface area contributed by atoms with Crippen LogP contribution >= 0.6 is 0 Å². The van der Waals surface area contributed by atoms with E-state index in [1.54, 1.807) is 12.1 Å². The van der Waals surface area contributed by atoms with E-state index in [1.807, 2.05) is 25.7 Å². The average molecular weight is 209 g/mol. The first-order chi connectivity index (χ1) is 7.10. The molecule has 0 bridgehead atoms. The summed E-state index contributed by atoms with van der Waals surface area (Å²) in [5, 5.41) is 0. The van der Waals surface area contributed by atoms with Gasteiger partial charge in [0.2, 0.25) is 0 Å². The van der Waals surface area contributed by atoms with Gasteiger partial charge in [0.15, 0.2) is 0 Å². The molecule has 0 radical (unpaired) electrons. The number of hydrogen-bond acceptors (Lipinski definition) is 2. The summed E-state index contributed by atoms with van der Waals surface area (Å²) in [6.45, 7) is 6.75. The summed E-state index contributed by atoms with van der Waals surface area (Å²) >= 11 is 0. The molecule has 0 N–H and O–H groups in total. The Labute approximate surface area is 89.7 Å². The summed E-state index contributed by atoms with van der Waals surface area (Å²) in [7, 11) is 0. The van der Waals surface area contributed by atoms with Gasteiger partial charge in [-0.3, -0.25) is 4.79 Å². The van der Waals surface area contributed by atoms with Crippen LogP contribution in [0, 0.1) is 5.82 Å². The van der Waals surface area contributed by atoms with E-state index in [1.165, 1.54) is 6.07 Å². The smallest absolute Gasteiger partial charge is 0.150 e. The molecule has 3 heteroatoms. The number of nitrogens with zero attached hydrogens (tertiary/aromatic N) is 1. The van der Waals surface area contributed by atoms with Gasteiger partial charge in [-0.05, 0) is 39.0 Å². The molecular weight excluding hydrogens is 193 g/mol. The molecule has 0 aliphatic rings. The van der Waals surface area contributed by atoms with Crippen molar-refractivity contribution in [3.63, 3.8) is 0 Å². The van der Waals surface area contributed by atoms with Gasteiger partial charge in [-0.2, -0.15) is 0 Å². The number of anilines is 1. The Balaban J connectivity index is 3.08. The number of aldehydes is 1. The second kappa shape index (κ2) is 4.91. The van der Waals surface area contributed by atoms with Crippen LogP contribution in [0.2, 0.25) is 0 Å². The molecule has 0 aliphatic carbocycles. The molecule has 1 aromatic carbocycles. The molecule has 0 unspecified atom stereocenters. The van der Waals surface area contributed by atoms with Crippen molar-refractivity contribution in [1.29, 1.82) is 0 Å². The maximum Gasteiger partial charge on any atom is 0.150 e. The minimum absolute atomic E-state index is 0.242. The average Bonchev–Trinajstić information content (AvgIpc) is 2.20. The minimum atomic E-state index is -0.338. The van der Waals surface area contributed by atoms with E-state index in [4.69, 9.17) is 0 Å². The Morgan fingerprint density at radius 3 is 2.53 bits per heavy atom. The van der Waals surface area contributed by atoms with Gasteiger partial charge in [-0.25, -0.2) is 4.39 Å². The largest absolute Gasteiger partial charge is 0.367 e. The zero-order valence-corrected chi connectivity index (χ0v) is 9.33. The summed E-state index contributed by atoms with van der Waals surface area (Å²) < 4.78 is 13.6. The van der Waals surface area contributed by atoms with E-state index in [-0.39, 0.29) is 11.9 Å². The highest BCUT2D eigenvalue weighted by Gasteiger charge is 2.12. The van der Waals surface area contributed by atoms with E-state index < -0.39 is 0 Å². The topological polar surface area (TPSA) is 20.3 Å². The van der Waals surface area contributed by atoms with Crippen LogP contribution in [0.1, 0.15) is 31.1 Å². The van der Waals surface area contributed by atoms with E-state index >= 15 is 0 Å². The normalized spacial score (nSPS) is 10.5. The maximum atomic E-state index is 13.6. The molecule has 82 valence electrons. The number of hydrogen-bond donors (Lipinski definition) is 0. The fourth-order valence-corrected chi connectivity index (χ4v) is 1.64. The summed E-state index contributed by atoms with van der Waals surface area (Å²) in [6.07, 6.45) is 0.651. The van der Waals surface area contributed by atoms with Gasteiger partial charge in [0.05, 0.1) is 5.69 Å². The highest BCUT2D eigenvalue weighted by Crippen LogP contribution is 2.21. The highest BCUT2D eigenvalue weighted by molar-refractivity contribution is 5.76. The van der Waals surface area contributed by atoms with Crippen LogP contribution in [-0.2, 0) is 0 Å². The molecule has 1 aromatic rings. The van der Waals surface area contributed by atoms with Crippen molar-refractivity contribution in [3.8, 4) is 0 Å². The van der Waals surface area contributed by atoms with Gasteiger partial charge < -0.3 is 4.90 Å². The van der Waals surface area contributed by atoms with Crippen LogP contribution in [0.3, 0.4) is 0 Å². The second-order valence-electron chi connectivity index (χ2n) is 3.71. The summed E-state index contributed by atoms with van der Waals surface area (Å²) in [4.78, 5) is 12.4. The lowest BCUT2D eigenvalue weighted by Gasteiger charge is -2.27. The molecule has 0 atom stereocenters. The van der Waals surface area contributed by atoms with Crippen molar-refractivity contribution >= 4 is 12.0 Å². The van der Waals surface area contributed by atoms with E-state index in [0.29, 0.717) is 17.5 Å². The Hall–Kier alpha value is -1.38. The van der Waals surface area contributed by atoms with Crippen LogP contribution < -0.4 is 4.90 Å². The number of halogens is 1. The van der Waals surface area contributed by atoms with Crippen molar-refractivity contribution in [2.24, 2.45) is 0 Å². The number of rotatable bonds is 4. The molecule has 0 fully saturated rings. The Morgan fingerprint density at radius 2 is 2.13 bits per heavy atom. The third kappa shape index (κ3) is 2.55. The van der Waals surface area contributed by atoms with E-state index in [2.05, 4.69) is 0 Å². The van der Waals surface area contributed by atoms with Crippen molar-refractivity contribution in [3.05, 3.63) is 29.6 Å². The Kier molecular flexibility index (Phi) is 3.83. The first-order valence-electron chi connectivity index (χ1n) is 5.11. The molecule has 0 aromatic heterocycles. The van der Waals surface area contributed by atoms with Crippen LogP contribution in [0.4, 0.5) is 10.1 Å². The van der Waals surface area contributed by atoms with Crippen molar-refractivity contribution in [2.45, 2.75) is 26.8 Å². The summed E-state index contributed by atoms with van der Waals surface area (Å²) in [6, 6.07) is 4.80. The number of benzene rings is 1. The molecule has 2 nitrogen and oxygen atoms in total. The first kappa shape index (κ1) is 11.7. The zero-order valence-electron chi connectivity index (χ0n) is 9.33. The second-order valence-corrected chi connectivity index (χ2v) is 3.71. The van der Waals surface area contributed by atoms with Gasteiger partial charge >= 0.3 is 0 Å². The first-order valence-corrected chi connectivity index (χ1v) is 5.11. The summed E-state index contributed by atoms with van der Waals surface area (Å²) in [5.74, 6) is -0.338. The number of carbonyl (C=O) groups is 1. The standard InChI is InChI=1S/C12H16FNO/c1-4-14(9(2)3)12-6-5-10(8-15)7-11(12)13/h5-9H,4H2,1-3H3. The molecule has 0 saturated carbocycles. The minimum Gasteiger partial charge on any atom is -0.367 e. The Morgan fingerprint density at radius 1 is 1.47 bits per heavy atom. The predicted octanol–water partition coefficient (Wildman–Crippen LogP) is 2.87. The molecule has 0 aliphatic heterocycles. The molecule has 0 amide bonds. The van der Waals surface area contributed by atoms with Gasteiger partial charge in [-0.1, -0.05) is 0 Å². The fraction of sp³-hybridized carbons (Fsp3) is 0.417. The lowest BCUT2D eigenvalue weighted by Crippen LogP contribution is -2.31. The van der Waals surface area contributed by atoms with E-state index in [9.17, 15) is 9.18 Å². The molecule has 1 rings (SSSR count). The third-order valence-electron chi connectivity index (χ3n) is 2.38. The molecular formula is C12H16FNO. The van der Waals surface area contributed by atoms with Gasteiger partial charge in [-0.15, -0.1) is 0 Å². The fourth-order valence-electron chi connectivity index (χ4n) is 1.64. The summed E-state index contributed by atoms with van der Waals surface area (Å²) in [5.41, 5.74) is 0.925.